The standard InChI is InChI=1S/C14H23N3O/c1-11-4-7-17(8-5-11)9-6-16-13-3-2-12(15)10-14(13)18/h2-3,10-11,16,18H,4-9,15H2,1H3. The van der Waals surface area contributed by atoms with E-state index in [1.165, 1.54) is 25.9 Å². The fraction of sp³-hybridized carbons (Fsp3) is 0.571. The zero-order valence-electron chi connectivity index (χ0n) is 11.0. The number of nitrogens with one attached hydrogen (secondary N) is 1. The molecule has 4 heteroatoms. The fourth-order valence-corrected chi connectivity index (χ4v) is 2.33. The predicted molar refractivity (Wildman–Crippen MR) is 75.8 cm³/mol. The van der Waals surface area contributed by atoms with Crippen LogP contribution >= 0.6 is 0 Å². The molecule has 1 heterocycles. The second-order valence-electron chi connectivity index (χ2n) is 5.23. The van der Waals surface area contributed by atoms with E-state index in [1.54, 1.807) is 12.1 Å². The summed E-state index contributed by atoms with van der Waals surface area (Å²) in [6.07, 6.45) is 2.60. The van der Waals surface area contributed by atoms with Gasteiger partial charge in [0.1, 0.15) is 5.75 Å². The number of nitrogens with two attached hydrogens (primary N) is 1. The lowest BCUT2D eigenvalue weighted by molar-refractivity contribution is 0.199. The number of hydrogen-bond donors (Lipinski definition) is 3. The maximum atomic E-state index is 9.71. The Balaban J connectivity index is 1.75. The molecule has 0 radical (unpaired) electrons. The number of anilines is 2. The Hall–Kier alpha value is -1.42. The van der Waals surface area contributed by atoms with Crippen LogP contribution in [0.5, 0.6) is 5.75 Å². The summed E-state index contributed by atoms with van der Waals surface area (Å²) in [7, 11) is 0. The first-order valence-electron chi connectivity index (χ1n) is 6.70. The van der Waals surface area contributed by atoms with Crippen molar-refractivity contribution in [2.45, 2.75) is 19.8 Å². The van der Waals surface area contributed by atoms with Crippen LogP contribution in [-0.2, 0) is 0 Å². The number of aromatic hydroxyl groups is 1. The number of nitrogen functional groups attached to an aromatic ring is 1. The van der Waals surface area contributed by atoms with Gasteiger partial charge in [-0.05, 0) is 44.0 Å². The molecule has 4 N–H and O–H groups in total. The summed E-state index contributed by atoms with van der Waals surface area (Å²) in [6.45, 7) is 6.58. The molecule has 0 atom stereocenters. The van der Waals surface area contributed by atoms with Gasteiger partial charge in [-0.2, -0.15) is 0 Å². The van der Waals surface area contributed by atoms with Crippen molar-refractivity contribution in [1.82, 2.24) is 4.90 Å². The number of phenolic OH excluding ortho intramolecular Hbond substituents is 1. The lowest BCUT2D eigenvalue weighted by atomic mass is 9.99. The monoisotopic (exact) mass is 249 g/mol. The molecule has 1 aliphatic rings. The molecule has 0 spiro atoms. The zero-order chi connectivity index (χ0) is 13.0. The van der Waals surface area contributed by atoms with Gasteiger partial charge >= 0.3 is 0 Å². The lowest BCUT2D eigenvalue weighted by Crippen LogP contribution is -2.36. The van der Waals surface area contributed by atoms with Gasteiger partial charge in [0.05, 0.1) is 5.69 Å². The van der Waals surface area contributed by atoms with Gasteiger partial charge < -0.3 is 21.1 Å². The van der Waals surface area contributed by atoms with Crippen LogP contribution in [0, 0.1) is 5.92 Å². The minimum absolute atomic E-state index is 0.224. The highest BCUT2D eigenvalue weighted by Gasteiger charge is 2.14. The summed E-state index contributed by atoms with van der Waals surface area (Å²) in [5, 5.41) is 13.0. The first-order valence-corrected chi connectivity index (χ1v) is 6.70. The van der Waals surface area contributed by atoms with Crippen LogP contribution < -0.4 is 11.1 Å². The molecule has 4 nitrogen and oxygen atoms in total. The lowest BCUT2D eigenvalue weighted by Gasteiger charge is -2.30. The number of nitrogens with zero attached hydrogens (tertiary/aromatic N) is 1. The van der Waals surface area contributed by atoms with Crippen molar-refractivity contribution >= 4 is 11.4 Å². The van der Waals surface area contributed by atoms with E-state index in [4.69, 9.17) is 5.73 Å². The first-order chi connectivity index (χ1) is 8.65. The summed E-state index contributed by atoms with van der Waals surface area (Å²) < 4.78 is 0. The predicted octanol–water partition coefficient (Wildman–Crippen LogP) is 2.12. The van der Waals surface area contributed by atoms with E-state index in [1.807, 2.05) is 6.07 Å². The van der Waals surface area contributed by atoms with Crippen LogP contribution in [0.25, 0.3) is 0 Å². The number of benzene rings is 1. The minimum atomic E-state index is 0.224. The van der Waals surface area contributed by atoms with Crippen LogP contribution in [0.2, 0.25) is 0 Å². The van der Waals surface area contributed by atoms with E-state index < -0.39 is 0 Å². The Bertz CT molecular complexity index is 387. The molecule has 18 heavy (non-hydrogen) atoms. The summed E-state index contributed by atoms with van der Waals surface area (Å²) in [4.78, 5) is 2.47. The molecule has 2 rings (SSSR count). The van der Waals surface area contributed by atoms with Crippen molar-refractivity contribution in [3.8, 4) is 5.75 Å². The van der Waals surface area contributed by atoms with Crippen LogP contribution in [0.3, 0.4) is 0 Å². The molecule has 0 amide bonds. The molecule has 1 aliphatic heterocycles. The van der Waals surface area contributed by atoms with Crippen molar-refractivity contribution in [3.63, 3.8) is 0 Å². The van der Waals surface area contributed by atoms with Crippen molar-refractivity contribution in [3.05, 3.63) is 18.2 Å². The van der Waals surface area contributed by atoms with Gasteiger partial charge in [-0.1, -0.05) is 6.92 Å². The molecule has 1 fully saturated rings. The average Bonchev–Trinajstić information content (AvgIpc) is 2.34. The maximum absolute atomic E-state index is 9.71. The molecule has 0 aliphatic carbocycles. The second kappa shape index (κ2) is 5.96. The SMILES string of the molecule is CC1CCN(CCNc2ccc(N)cc2O)CC1. The molecule has 0 aromatic heterocycles. The van der Waals surface area contributed by atoms with Crippen LogP contribution in [0.1, 0.15) is 19.8 Å². The van der Waals surface area contributed by atoms with E-state index in [2.05, 4.69) is 17.1 Å². The molecule has 1 aromatic carbocycles. The fourth-order valence-electron chi connectivity index (χ4n) is 2.33. The molecular weight excluding hydrogens is 226 g/mol. The number of piperidine rings is 1. The van der Waals surface area contributed by atoms with Gasteiger partial charge in [0.2, 0.25) is 0 Å². The quantitative estimate of drug-likeness (QED) is 0.565. The molecule has 0 saturated carbocycles. The van der Waals surface area contributed by atoms with E-state index in [-0.39, 0.29) is 5.75 Å². The molecular formula is C14H23N3O. The van der Waals surface area contributed by atoms with Crippen molar-refractivity contribution in [1.29, 1.82) is 0 Å². The van der Waals surface area contributed by atoms with Gasteiger partial charge in [-0.3, -0.25) is 0 Å². The second-order valence-corrected chi connectivity index (χ2v) is 5.23. The first kappa shape index (κ1) is 13.0. The van der Waals surface area contributed by atoms with Gasteiger partial charge in [0.15, 0.2) is 0 Å². The van der Waals surface area contributed by atoms with Crippen molar-refractivity contribution in [2.75, 3.05) is 37.2 Å². The number of rotatable bonds is 4. The van der Waals surface area contributed by atoms with Crippen LogP contribution in [0.15, 0.2) is 18.2 Å². The normalized spacial score (nSPS) is 17.8. The highest BCUT2D eigenvalue weighted by atomic mass is 16.3. The topological polar surface area (TPSA) is 61.5 Å². The smallest absolute Gasteiger partial charge is 0.140 e. The molecule has 1 aromatic rings. The maximum Gasteiger partial charge on any atom is 0.140 e. The summed E-state index contributed by atoms with van der Waals surface area (Å²) >= 11 is 0. The Labute approximate surface area is 109 Å². The third-order valence-electron chi connectivity index (χ3n) is 3.64. The third kappa shape index (κ3) is 3.53. The third-order valence-corrected chi connectivity index (χ3v) is 3.64. The van der Waals surface area contributed by atoms with E-state index >= 15 is 0 Å². The van der Waals surface area contributed by atoms with E-state index in [0.29, 0.717) is 5.69 Å². The Kier molecular flexibility index (Phi) is 4.31. The van der Waals surface area contributed by atoms with Crippen LogP contribution in [-0.4, -0.2) is 36.2 Å². The molecule has 100 valence electrons. The van der Waals surface area contributed by atoms with Crippen molar-refractivity contribution < 1.29 is 5.11 Å². The van der Waals surface area contributed by atoms with Gasteiger partial charge in [-0.15, -0.1) is 0 Å². The largest absolute Gasteiger partial charge is 0.506 e. The summed E-state index contributed by atoms with van der Waals surface area (Å²) in [5.74, 6) is 1.10. The number of likely N-dealkylation sites (tertiary alicyclic amines) is 1. The van der Waals surface area contributed by atoms with Gasteiger partial charge in [0, 0.05) is 24.8 Å². The van der Waals surface area contributed by atoms with E-state index in [9.17, 15) is 5.11 Å². The molecule has 1 saturated heterocycles. The van der Waals surface area contributed by atoms with Gasteiger partial charge in [0.25, 0.3) is 0 Å². The summed E-state index contributed by atoms with van der Waals surface area (Å²) in [5.41, 5.74) is 6.94. The van der Waals surface area contributed by atoms with Gasteiger partial charge in [-0.25, -0.2) is 0 Å². The number of hydrogen-bond acceptors (Lipinski definition) is 4. The average molecular weight is 249 g/mol. The molecule has 0 bridgehead atoms. The van der Waals surface area contributed by atoms with E-state index in [0.717, 1.165) is 24.7 Å². The molecule has 0 unspecified atom stereocenters. The van der Waals surface area contributed by atoms with Crippen LogP contribution in [0.4, 0.5) is 11.4 Å². The Morgan fingerprint density at radius 1 is 1.39 bits per heavy atom. The highest BCUT2D eigenvalue weighted by molar-refractivity contribution is 5.61. The highest BCUT2D eigenvalue weighted by Crippen LogP contribution is 2.25. The zero-order valence-corrected chi connectivity index (χ0v) is 11.0. The number of phenols is 1. The Morgan fingerprint density at radius 3 is 2.78 bits per heavy atom. The summed E-state index contributed by atoms with van der Waals surface area (Å²) in [6, 6.07) is 5.19. The minimum Gasteiger partial charge on any atom is -0.506 e. The van der Waals surface area contributed by atoms with Crippen molar-refractivity contribution in [2.24, 2.45) is 5.92 Å². The Morgan fingerprint density at radius 2 is 2.11 bits per heavy atom.